The Morgan fingerprint density at radius 3 is 1.40 bits per heavy atom. The second-order valence-electron chi connectivity index (χ2n) is 10.4. The van der Waals surface area contributed by atoms with Crippen LogP contribution >= 0.6 is 0 Å². The van der Waals surface area contributed by atoms with Gasteiger partial charge >= 0.3 is 51.0 Å². The van der Waals surface area contributed by atoms with Gasteiger partial charge in [0.25, 0.3) is 0 Å². The number of alkyl halides is 4. The Balaban J connectivity index is 0.000000232. The second kappa shape index (κ2) is 19.4. The Hall–Kier alpha value is -3.98. The van der Waals surface area contributed by atoms with Crippen LogP contribution < -0.4 is 39.1 Å². The Kier molecular flexibility index (Phi) is 15.3. The second-order valence-corrected chi connectivity index (χ2v) is 13.4. The molecule has 0 spiro atoms. The van der Waals surface area contributed by atoms with E-state index in [0.717, 1.165) is 0 Å². The number of hydrogen-bond donors (Lipinski definition) is 2. The van der Waals surface area contributed by atoms with E-state index in [1.807, 2.05) is 0 Å². The summed E-state index contributed by atoms with van der Waals surface area (Å²) in [6.07, 6.45) is 3.08. The maximum atomic E-state index is 12.7. The number of ether oxygens (including phenoxy) is 6. The molecule has 0 amide bonds. The largest absolute Gasteiger partial charge is 2.00 e. The van der Waals surface area contributed by atoms with E-state index in [1.165, 1.54) is 77.2 Å². The summed E-state index contributed by atoms with van der Waals surface area (Å²) in [6, 6.07) is 11.9. The van der Waals surface area contributed by atoms with Gasteiger partial charge in [0.1, 0.15) is 11.5 Å². The summed E-state index contributed by atoms with van der Waals surface area (Å²) in [7, 11) is 3.00. The van der Waals surface area contributed by atoms with Crippen LogP contribution in [0.5, 0.6) is 34.5 Å². The first-order valence-electron chi connectivity index (χ1n) is 15.0. The molecule has 0 saturated heterocycles. The molecule has 53 heavy (non-hydrogen) atoms. The average molecular weight is 809 g/mol. The Morgan fingerprint density at radius 2 is 1.06 bits per heavy atom. The molecule has 4 heterocycles. The van der Waals surface area contributed by atoms with Gasteiger partial charge in [0.05, 0.1) is 51.3 Å². The third kappa shape index (κ3) is 10.6. The van der Waals surface area contributed by atoms with Gasteiger partial charge in [0.2, 0.25) is 0 Å². The van der Waals surface area contributed by atoms with E-state index in [0.29, 0.717) is 57.1 Å². The van der Waals surface area contributed by atoms with Crippen molar-refractivity contribution < 1.29 is 54.4 Å². The predicted octanol–water partition coefficient (Wildman–Crippen LogP) is 6.35. The van der Waals surface area contributed by atoms with Crippen molar-refractivity contribution in [1.29, 1.82) is 0 Å². The van der Waals surface area contributed by atoms with Crippen LogP contribution in [0.25, 0.3) is 10.6 Å². The summed E-state index contributed by atoms with van der Waals surface area (Å²) in [5, 5.41) is 14.5. The first-order chi connectivity index (χ1) is 25.0. The number of anilines is 2. The number of pyridine rings is 2. The summed E-state index contributed by atoms with van der Waals surface area (Å²) >= 11 is 0. The predicted molar refractivity (Wildman–Crippen MR) is 191 cm³/mol. The first-order valence-corrected chi connectivity index (χ1v) is 17.8. The maximum absolute atomic E-state index is 12.7. The van der Waals surface area contributed by atoms with Gasteiger partial charge in [-0.05, 0) is 12.1 Å². The molecule has 4 aromatic rings. The summed E-state index contributed by atoms with van der Waals surface area (Å²) in [5.41, 5.74) is 1.49. The van der Waals surface area contributed by atoms with Gasteiger partial charge in [-0.2, -0.15) is 17.6 Å². The van der Waals surface area contributed by atoms with Gasteiger partial charge in [-0.1, -0.05) is 12.1 Å². The molecule has 14 nitrogen and oxygen atoms in total. The van der Waals surface area contributed by atoms with Crippen LogP contribution in [-0.4, -0.2) is 109 Å². The summed E-state index contributed by atoms with van der Waals surface area (Å²) in [4.78, 5) is 8.39. The van der Waals surface area contributed by atoms with Crippen LogP contribution in [-0.2, 0) is 33.1 Å². The van der Waals surface area contributed by atoms with Crippen molar-refractivity contribution in [2.45, 2.75) is 35.7 Å². The third-order valence-corrected chi connectivity index (χ3v) is 9.80. The van der Waals surface area contributed by atoms with Crippen molar-refractivity contribution in [3.05, 3.63) is 82.9 Å². The fraction of sp³-hybridized carbons (Fsp3) is 0.312. The van der Waals surface area contributed by atoms with E-state index in [9.17, 15) is 26.0 Å². The van der Waals surface area contributed by atoms with Crippen LogP contribution in [0.4, 0.5) is 40.3 Å². The molecular weight excluding hydrogens is 777 g/mol. The number of hydrogen-bond acceptors (Lipinski definition) is 12. The molecule has 2 aromatic heterocycles. The van der Waals surface area contributed by atoms with E-state index < -0.39 is 45.8 Å². The SMILES string of the molecule is COc1ccnc(CS(=O)C2[N-]c3ccc(OC(F)F)cc3N2)c1OC.COc1ccnc(CS(=O)C2[N-]c3ccc(OC(F)F)cc3N2)c1OC.[Ca+2]. The van der Waals surface area contributed by atoms with Gasteiger partial charge in [0, 0.05) is 80.6 Å². The van der Waals surface area contributed by atoms with Gasteiger partial charge in [0.15, 0.2) is 23.0 Å². The number of fused-ring (bicyclic) bond motifs is 2. The molecule has 0 saturated carbocycles. The number of rotatable bonds is 14. The topological polar surface area (TPSA) is 168 Å². The quantitative estimate of drug-likeness (QED) is 0.107. The van der Waals surface area contributed by atoms with Gasteiger partial charge in [-0.25, -0.2) is 0 Å². The van der Waals surface area contributed by atoms with E-state index in [1.54, 1.807) is 12.1 Å². The fourth-order valence-electron chi connectivity index (χ4n) is 5.01. The molecule has 2 aromatic carbocycles. The van der Waals surface area contributed by atoms with Crippen LogP contribution in [0.1, 0.15) is 11.4 Å². The van der Waals surface area contributed by atoms with Crippen LogP contribution in [0, 0.1) is 0 Å². The van der Waals surface area contributed by atoms with Crippen molar-refractivity contribution in [2.24, 2.45) is 0 Å². The first kappa shape index (κ1) is 41.8. The Bertz CT molecular complexity index is 1790. The molecule has 21 heteroatoms. The summed E-state index contributed by atoms with van der Waals surface area (Å²) < 4.78 is 104. The number of methoxy groups -OCH3 is 4. The maximum Gasteiger partial charge on any atom is 2.00 e. The minimum Gasteiger partial charge on any atom is -0.653 e. The fourth-order valence-corrected chi connectivity index (χ4v) is 7.25. The third-order valence-electron chi connectivity index (χ3n) is 7.25. The van der Waals surface area contributed by atoms with E-state index in [2.05, 4.69) is 40.7 Å². The van der Waals surface area contributed by atoms with Gasteiger partial charge < -0.3 is 49.7 Å². The molecule has 0 radical (unpaired) electrons. The molecule has 0 aliphatic carbocycles. The number of nitrogens with one attached hydrogen (secondary N) is 2. The van der Waals surface area contributed by atoms with Crippen LogP contribution in [0.2, 0.25) is 0 Å². The molecule has 0 fully saturated rings. The van der Waals surface area contributed by atoms with Gasteiger partial charge in [-0.15, -0.1) is 11.4 Å². The molecule has 2 aliphatic rings. The minimum absolute atomic E-state index is 0. The van der Waals surface area contributed by atoms with Gasteiger partial charge in [-0.3, -0.25) is 18.4 Å². The molecule has 4 atom stereocenters. The molecule has 6 rings (SSSR count). The monoisotopic (exact) mass is 808 g/mol. The Morgan fingerprint density at radius 1 is 0.660 bits per heavy atom. The van der Waals surface area contributed by atoms with Crippen LogP contribution in [0.3, 0.4) is 0 Å². The molecule has 2 aliphatic heterocycles. The van der Waals surface area contributed by atoms with Crippen molar-refractivity contribution >= 4 is 82.1 Å². The zero-order valence-electron chi connectivity index (χ0n) is 28.6. The smallest absolute Gasteiger partial charge is 0.653 e. The molecule has 2 N–H and O–H groups in total. The van der Waals surface area contributed by atoms with Crippen LogP contribution in [0.15, 0.2) is 60.9 Å². The number of aromatic nitrogens is 2. The average Bonchev–Trinajstić information content (AvgIpc) is 3.75. The zero-order valence-corrected chi connectivity index (χ0v) is 32.4. The summed E-state index contributed by atoms with van der Waals surface area (Å²) in [6.45, 7) is -5.83. The minimum atomic E-state index is -2.91. The van der Waals surface area contributed by atoms with Crippen molar-refractivity contribution in [2.75, 3.05) is 39.1 Å². The van der Waals surface area contributed by atoms with E-state index >= 15 is 0 Å². The Labute approximate surface area is 336 Å². The number of benzene rings is 2. The van der Waals surface area contributed by atoms with Crippen molar-refractivity contribution in [3.63, 3.8) is 0 Å². The molecule has 280 valence electrons. The normalized spacial score (nSPS) is 16.1. The summed E-state index contributed by atoms with van der Waals surface area (Å²) in [5.74, 6) is 1.96. The standard InChI is InChI=1S/2C16H16F2N3O4S.Ca/c2*1-23-13-5-6-19-12(14(13)24-2)8-26(22)16-20-10-4-3-9(25-15(17)18)7-11(10)21-16;/h2*3-7,15-16,21H,8H2,1-2H3;/q2*-1;+2. The number of nitrogens with zero attached hydrogens (tertiary/aromatic N) is 4. The van der Waals surface area contributed by atoms with Crippen molar-refractivity contribution in [3.8, 4) is 34.5 Å². The molecular formula is C32H32CaF4N6O8S2. The van der Waals surface area contributed by atoms with E-state index in [-0.39, 0.29) is 60.7 Å². The molecule has 4 unspecified atom stereocenters. The zero-order chi connectivity index (χ0) is 37.4. The molecule has 0 bridgehead atoms. The van der Waals surface area contributed by atoms with E-state index in [4.69, 9.17) is 18.9 Å². The van der Waals surface area contributed by atoms with Crippen molar-refractivity contribution in [1.82, 2.24) is 9.97 Å². The number of halogens is 4.